The van der Waals surface area contributed by atoms with Gasteiger partial charge in [0.25, 0.3) is 5.91 Å². The Kier molecular flexibility index (Phi) is 12.0. The molecule has 11 nitrogen and oxygen atoms in total. The minimum Gasteiger partial charge on any atom is -0.477 e. The zero-order chi connectivity index (χ0) is 32.9. The molecule has 3 atom stereocenters. The summed E-state index contributed by atoms with van der Waals surface area (Å²) in [6, 6.07) is 7.81. The molecule has 0 saturated carbocycles. The van der Waals surface area contributed by atoms with Crippen molar-refractivity contribution < 1.29 is 38.7 Å². The van der Waals surface area contributed by atoms with Crippen molar-refractivity contribution in [1.29, 1.82) is 0 Å². The lowest BCUT2D eigenvalue weighted by atomic mass is 10.0. The first-order valence-corrected chi connectivity index (χ1v) is 17.5. The predicted octanol–water partition coefficient (Wildman–Crippen LogP) is 3.79. The molecule has 3 heterocycles. The van der Waals surface area contributed by atoms with Gasteiger partial charge in [0.15, 0.2) is 18.9 Å². The number of thioether (sulfide) groups is 3. The second-order valence-corrected chi connectivity index (χ2v) is 15.1. The number of pyridine rings is 1. The van der Waals surface area contributed by atoms with Crippen molar-refractivity contribution in [2.45, 2.75) is 60.2 Å². The quantitative estimate of drug-likeness (QED) is 0.145. The van der Waals surface area contributed by atoms with Crippen molar-refractivity contribution in [2.24, 2.45) is 0 Å². The fourth-order valence-corrected chi connectivity index (χ4v) is 8.07. The molecular weight excluding hydrogens is 683 g/mol. The van der Waals surface area contributed by atoms with Crippen molar-refractivity contribution in [2.75, 3.05) is 23.8 Å². The lowest BCUT2D eigenvalue weighted by Gasteiger charge is -2.49. The zero-order valence-corrected chi connectivity index (χ0v) is 28.6. The molecule has 2 aromatic rings. The number of nitrogens with one attached hydrogen (secondary N) is 2. The van der Waals surface area contributed by atoms with Crippen molar-refractivity contribution >= 4 is 82.4 Å². The molecule has 0 radical (unpaired) electrons. The Balaban J connectivity index is 1.28. The number of aliphatic hydroxyl groups is 1. The molecule has 16 heteroatoms. The number of aromatic nitrogens is 1. The van der Waals surface area contributed by atoms with Crippen LogP contribution in [0.3, 0.4) is 0 Å². The van der Waals surface area contributed by atoms with E-state index in [1.165, 1.54) is 40.2 Å². The molecule has 1 unspecified atom stereocenters. The number of aliphatic carboxylic acids is 1. The van der Waals surface area contributed by atoms with Crippen LogP contribution < -0.4 is 15.2 Å². The first-order valence-electron chi connectivity index (χ1n) is 13.8. The summed E-state index contributed by atoms with van der Waals surface area (Å²) < 4.78 is 6.93. The van der Waals surface area contributed by atoms with E-state index in [1.807, 2.05) is 12.1 Å². The maximum atomic E-state index is 13.0. The molecule has 1 aromatic heterocycles. The fourth-order valence-electron chi connectivity index (χ4n) is 4.40. The van der Waals surface area contributed by atoms with Crippen molar-refractivity contribution in [3.8, 4) is 0 Å². The monoisotopic (exact) mass is 715 g/mol. The summed E-state index contributed by atoms with van der Waals surface area (Å²) in [5, 5.41) is 26.0. The number of aliphatic hydroxyl groups excluding tert-OH is 1. The summed E-state index contributed by atoms with van der Waals surface area (Å²) in [5.74, 6) is -1.27. The number of amides is 3. The highest BCUT2D eigenvalue weighted by atomic mass is 35.5. The standard InChI is InChI=1S/C29H32Cl2N4O7S3/c1-29(2,3)42-28(41)32-11-18(36)12-34-8-6-19(7-9-34)43-13-16-14-45-26-23(25(38)35(26)24(16)27(39)40)33-22(37)15-44-21-10-17(30)4-5-20(21)31/h4-10,18,23,26,36H,11-15H2,1-3H3,(H2-,32,33,37,39,40,41)/p+1/t18?,23-,26+/m0/s1. The molecule has 1 saturated heterocycles. The maximum absolute atomic E-state index is 13.0. The Morgan fingerprint density at radius 1 is 1.18 bits per heavy atom. The van der Waals surface area contributed by atoms with Crippen LogP contribution in [0.25, 0.3) is 0 Å². The third-order valence-corrected chi connectivity index (χ3v) is 10.6. The Morgan fingerprint density at radius 3 is 2.56 bits per heavy atom. The first-order chi connectivity index (χ1) is 21.2. The molecule has 4 rings (SSSR count). The topological polar surface area (TPSA) is 149 Å². The molecule has 45 heavy (non-hydrogen) atoms. The summed E-state index contributed by atoms with van der Waals surface area (Å²) in [6.45, 7) is 5.54. The number of benzene rings is 1. The molecule has 1 aromatic carbocycles. The fraction of sp³-hybridized carbons (Fsp3) is 0.414. The number of carbonyl (C=O) groups excluding carboxylic acids is 3. The van der Waals surface area contributed by atoms with E-state index in [0.717, 1.165) is 4.90 Å². The van der Waals surface area contributed by atoms with Crippen LogP contribution in [0.2, 0.25) is 10.0 Å². The SMILES string of the molecule is CC(C)(C)OC(=O)NCC(O)C[n+]1ccc(SCC2=C(C(=O)O)N3C(=O)[C@H](NC(=O)CSc4cc(Cl)ccc4Cl)[C@H]3SC2)cc1. The molecule has 0 bridgehead atoms. The summed E-state index contributed by atoms with van der Waals surface area (Å²) in [4.78, 5) is 52.4. The number of alkyl carbamates (subject to hydrolysis) is 1. The minimum absolute atomic E-state index is 0.0176. The number of carbonyl (C=O) groups is 4. The van der Waals surface area contributed by atoms with E-state index in [0.29, 0.717) is 32.0 Å². The number of halogens is 2. The summed E-state index contributed by atoms with van der Waals surface area (Å²) in [6.07, 6.45) is 2.12. The van der Waals surface area contributed by atoms with Crippen molar-refractivity contribution in [3.05, 3.63) is 64.0 Å². The van der Waals surface area contributed by atoms with Crippen LogP contribution >= 0.6 is 58.5 Å². The summed E-state index contributed by atoms with van der Waals surface area (Å²) >= 11 is 16.2. The number of nitrogens with zero attached hydrogens (tertiary/aromatic N) is 2. The van der Waals surface area contributed by atoms with E-state index in [1.54, 1.807) is 55.9 Å². The molecule has 1 fully saturated rings. The van der Waals surface area contributed by atoms with E-state index >= 15 is 0 Å². The van der Waals surface area contributed by atoms with Gasteiger partial charge in [-0.15, -0.1) is 35.3 Å². The van der Waals surface area contributed by atoms with Crippen LogP contribution in [0.1, 0.15) is 20.8 Å². The van der Waals surface area contributed by atoms with Gasteiger partial charge in [-0.3, -0.25) is 14.5 Å². The van der Waals surface area contributed by atoms with Crippen LogP contribution in [0.15, 0.2) is 63.8 Å². The highest BCUT2D eigenvalue weighted by Gasteiger charge is 2.54. The van der Waals surface area contributed by atoms with E-state index in [9.17, 15) is 29.4 Å². The molecule has 242 valence electrons. The van der Waals surface area contributed by atoms with Gasteiger partial charge >= 0.3 is 12.1 Å². The second kappa shape index (κ2) is 15.3. The average Bonchev–Trinajstić information content (AvgIpc) is 2.97. The molecule has 0 spiro atoms. The lowest BCUT2D eigenvalue weighted by Crippen LogP contribution is -2.70. The van der Waals surface area contributed by atoms with Gasteiger partial charge in [-0.2, -0.15) is 0 Å². The van der Waals surface area contributed by atoms with Gasteiger partial charge in [-0.1, -0.05) is 23.2 Å². The van der Waals surface area contributed by atoms with E-state index in [-0.39, 0.29) is 30.4 Å². The third kappa shape index (κ3) is 9.69. The van der Waals surface area contributed by atoms with E-state index < -0.39 is 41.1 Å². The Labute approximate surface area is 283 Å². The van der Waals surface area contributed by atoms with Gasteiger partial charge in [0, 0.05) is 38.5 Å². The molecule has 2 aliphatic heterocycles. The highest BCUT2D eigenvalue weighted by molar-refractivity contribution is 8.01. The van der Waals surface area contributed by atoms with Gasteiger partial charge < -0.3 is 25.6 Å². The highest BCUT2D eigenvalue weighted by Crippen LogP contribution is 2.41. The number of hydrogen-bond acceptors (Lipinski definition) is 9. The predicted molar refractivity (Wildman–Crippen MR) is 174 cm³/mol. The molecule has 3 amide bonds. The first kappa shape index (κ1) is 35.2. The van der Waals surface area contributed by atoms with Gasteiger partial charge in [-0.25, -0.2) is 14.2 Å². The largest absolute Gasteiger partial charge is 0.477 e. The summed E-state index contributed by atoms with van der Waals surface area (Å²) in [5.41, 5.74) is -0.0674. The van der Waals surface area contributed by atoms with Gasteiger partial charge in [-0.05, 0) is 44.5 Å². The lowest BCUT2D eigenvalue weighted by molar-refractivity contribution is -0.703. The van der Waals surface area contributed by atoms with Gasteiger partial charge in [0.1, 0.15) is 28.8 Å². The molecule has 4 N–H and O–H groups in total. The average molecular weight is 717 g/mol. The number of carboxylic acids is 1. The van der Waals surface area contributed by atoms with Gasteiger partial charge in [0.2, 0.25) is 5.91 Å². The maximum Gasteiger partial charge on any atom is 0.407 e. The Hall–Kier alpha value is -2.62. The van der Waals surface area contributed by atoms with Crippen molar-refractivity contribution in [3.63, 3.8) is 0 Å². The third-order valence-electron chi connectivity index (χ3n) is 6.39. The van der Waals surface area contributed by atoms with Crippen LogP contribution in [0.5, 0.6) is 0 Å². The number of carboxylic acid groups (broad SMARTS) is 1. The van der Waals surface area contributed by atoms with Crippen LogP contribution in [-0.4, -0.2) is 85.9 Å². The van der Waals surface area contributed by atoms with E-state index in [2.05, 4.69) is 10.6 Å². The number of β-lactam (4-membered cyclic amide) rings is 1. The number of ether oxygens (including phenoxy) is 1. The molecule has 2 aliphatic rings. The number of rotatable bonds is 12. The van der Waals surface area contributed by atoms with Crippen LogP contribution in [0.4, 0.5) is 4.79 Å². The number of hydrogen-bond donors (Lipinski definition) is 4. The number of fused-ring (bicyclic) bond motifs is 1. The Morgan fingerprint density at radius 2 is 1.89 bits per heavy atom. The van der Waals surface area contributed by atoms with Crippen LogP contribution in [-0.2, 0) is 25.7 Å². The van der Waals surface area contributed by atoms with E-state index in [4.69, 9.17) is 27.9 Å². The summed E-state index contributed by atoms with van der Waals surface area (Å²) in [7, 11) is 0. The molecular formula is C29H33Cl2N4O7S3+. The Bertz CT molecular complexity index is 1490. The molecule has 0 aliphatic carbocycles. The smallest absolute Gasteiger partial charge is 0.407 e. The van der Waals surface area contributed by atoms with Crippen LogP contribution in [0, 0.1) is 0 Å². The van der Waals surface area contributed by atoms with Gasteiger partial charge in [0.05, 0.1) is 17.3 Å². The minimum atomic E-state index is -1.19. The second-order valence-electron chi connectivity index (χ2n) is 11.1. The zero-order valence-electron chi connectivity index (χ0n) is 24.6. The van der Waals surface area contributed by atoms with Crippen molar-refractivity contribution in [1.82, 2.24) is 15.5 Å². The normalized spacial score (nSPS) is 18.5.